The highest BCUT2D eigenvalue weighted by Crippen LogP contribution is 2.25. The van der Waals surface area contributed by atoms with Gasteiger partial charge >= 0.3 is 6.09 Å². The van der Waals surface area contributed by atoms with Crippen molar-refractivity contribution in [3.63, 3.8) is 0 Å². The quantitative estimate of drug-likeness (QED) is 0.822. The van der Waals surface area contributed by atoms with E-state index in [0.29, 0.717) is 29.7 Å². The summed E-state index contributed by atoms with van der Waals surface area (Å²) in [5, 5.41) is 10.4. The number of rotatable bonds is 4. The van der Waals surface area contributed by atoms with E-state index in [4.69, 9.17) is 23.2 Å². The third-order valence-electron chi connectivity index (χ3n) is 5.58. The molecule has 6 nitrogen and oxygen atoms in total. The minimum Gasteiger partial charge on any atom is -0.465 e. The highest BCUT2D eigenvalue weighted by molar-refractivity contribution is 6.42. The predicted molar refractivity (Wildman–Crippen MR) is 106 cm³/mol. The smallest absolute Gasteiger partial charge is 0.407 e. The molecule has 2 atom stereocenters. The first kappa shape index (κ1) is 20.2. The molecule has 2 aliphatic heterocycles. The number of amides is 2. The van der Waals surface area contributed by atoms with Gasteiger partial charge in [0, 0.05) is 19.6 Å². The third kappa shape index (κ3) is 4.68. The lowest BCUT2D eigenvalue weighted by Crippen LogP contribution is -2.64. The van der Waals surface area contributed by atoms with Gasteiger partial charge in [0.2, 0.25) is 5.91 Å². The Balaban J connectivity index is 1.76. The van der Waals surface area contributed by atoms with Crippen molar-refractivity contribution in [2.45, 2.75) is 38.3 Å². The summed E-state index contributed by atoms with van der Waals surface area (Å²) >= 11 is 12.0. The van der Waals surface area contributed by atoms with Gasteiger partial charge in [-0.25, -0.2) is 4.79 Å². The van der Waals surface area contributed by atoms with Crippen molar-refractivity contribution < 1.29 is 14.7 Å². The maximum Gasteiger partial charge on any atom is 0.407 e. The molecule has 1 N–H and O–H groups in total. The van der Waals surface area contributed by atoms with Crippen LogP contribution in [-0.4, -0.2) is 76.6 Å². The van der Waals surface area contributed by atoms with Gasteiger partial charge in [-0.3, -0.25) is 4.79 Å². The summed E-state index contributed by atoms with van der Waals surface area (Å²) in [7, 11) is 0. The molecule has 0 aromatic heterocycles. The van der Waals surface area contributed by atoms with E-state index in [1.54, 1.807) is 18.2 Å². The average Bonchev–Trinajstić information content (AvgIpc) is 3.12. The van der Waals surface area contributed by atoms with Gasteiger partial charge in [-0.15, -0.1) is 0 Å². The Morgan fingerprint density at radius 3 is 2.37 bits per heavy atom. The molecule has 0 aliphatic carbocycles. The number of benzene rings is 1. The summed E-state index contributed by atoms with van der Waals surface area (Å²) in [5.74, 6) is -0.00512. The number of carbonyl (C=O) groups is 2. The largest absolute Gasteiger partial charge is 0.465 e. The van der Waals surface area contributed by atoms with Gasteiger partial charge < -0.3 is 19.8 Å². The van der Waals surface area contributed by atoms with Crippen LogP contribution in [0.2, 0.25) is 10.0 Å². The summed E-state index contributed by atoms with van der Waals surface area (Å²) in [5.41, 5.74) is 0.808. The van der Waals surface area contributed by atoms with Crippen molar-refractivity contribution in [1.82, 2.24) is 14.7 Å². The van der Waals surface area contributed by atoms with E-state index in [0.717, 1.165) is 31.5 Å². The molecule has 2 aliphatic rings. The minimum absolute atomic E-state index is 0.00512. The van der Waals surface area contributed by atoms with Crippen molar-refractivity contribution in [3.05, 3.63) is 33.8 Å². The zero-order chi connectivity index (χ0) is 19.6. The van der Waals surface area contributed by atoms with Gasteiger partial charge in [0.25, 0.3) is 0 Å². The van der Waals surface area contributed by atoms with Gasteiger partial charge in [0.15, 0.2) is 0 Å². The van der Waals surface area contributed by atoms with E-state index in [-0.39, 0.29) is 24.4 Å². The van der Waals surface area contributed by atoms with Crippen LogP contribution in [0.3, 0.4) is 0 Å². The zero-order valence-electron chi connectivity index (χ0n) is 15.4. The number of carbonyl (C=O) groups excluding carboxylic acids is 1. The number of hydrogen-bond donors (Lipinski definition) is 1. The van der Waals surface area contributed by atoms with Crippen LogP contribution in [0.5, 0.6) is 0 Å². The molecular formula is C19H25Cl2N3O3. The highest BCUT2D eigenvalue weighted by Gasteiger charge is 2.39. The average molecular weight is 414 g/mol. The maximum absolute atomic E-state index is 13.0. The number of likely N-dealkylation sites (tertiary alicyclic amines) is 1. The first-order valence-corrected chi connectivity index (χ1v) is 10.1. The van der Waals surface area contributed by atoms with Crippen molar-refractivity contribution in [2.24, 2.45) is 0 Å². The van der Waals surface area contributed by atoms with Gasteiger partial charge in [0.05, 0.1) is 28.5 Å². The summed E-state index contributed by atoms with van der Waals surface area (Å²) in [6, 6.07) is 4.82. The zero-order valence-corrected chi connectivity index (χ0v) is 16.9. The third-order valence-corrected chi connectivity index (χ3v) is 6.32. The maximum atomic E-state index is 13.0. The van der Waals surface area contributed by atoms with Gasteiger partial charge in [-0.2, -0.15) is 0 Å². The molecule has 1 aromatic rings. The van der Waals surface area contributed by atoms with Crippen LogP contribution in [0.15, 0.2) is 18.2 Å². The van der Waals surface area contributed by atoms with Crippen LogP contribution in [0.4, 0.5) is 4.79 Å². The Labute approximate surface area is 169 Å². The molecule has 0 saturated carbocycles. The summed E-state index contributed by atoms with van der Waals surface area (Å²) in [6.45, 7) is 5.36. The lowest BCUT2D eigenvalue weighted by atomic mass is 10.0. The molecule has 1 aromatic carbocycles. The van der Waals surface area contributed by atoms with Crippen molar-refractivity contribution in [2.75, 3.05) is 32.7 Å². The predicted octanol–water partition coefficient (Wildman–Crippen LogP) is 3.21. The molecule has 2 saturated heterocycles. The number of piperazine rings is 1. The van der Waals surface area contributed by atoms with E-state index < -0.39 is 6.09 Å². The highest BCUT2D eigenvalue weighted by atomic mass is 35.5. The molecule has 0 bridgehead atoms. The fourth-order valence-corrected chi connectivity index (χ4v) is 4.36. The first-order chi connectivity index (χ1) is 12.9. The molecule has 148 valence electrons. The van der Waals surface area contributed by atoms with Crippen LogP contribution in [0, 0.1) is 0 Å². The summed E-state index contributed by atoms with van der Waals surface area (Å²) in [6.07, 6.45) is 1.61. The molecule has 2 heterocycles. The molecular weight excluding hydrogens is 389 g/mol. The minimum atomic E-state index is -0.925. The Bertz CT molecular complexity index is 709. The van der Waals surface area contributed by atoms with Gasteiger partial charge in [0.1, 0.15) is 0 Å². The number of carboxylic acid groups (broad SMARTS) is 1. The van der Waals surface area contributed by atoms with E-state index >= 15 is 0 Å². The molecule has 2 fully saturated rings. The van der Waals surface area contributed by atoms with Gasteiger partial charge in [-0.1, -0.05) is 29.3 Å². The molecule has 27 heavy (non-hydrogen) atoms. The monoisotopic (exact) mass is 413 g/mol. The van der Waals surface area contributed by atoms with Crippen LogP contribution >= 0.6 is 23.2 Å². The van der Waals surface area contributed by atoms with Crippen LogP contribution in [0.1, 0.15) is 25.3 Å². The SMILES string of the molecule is CC1C(CN2CCCC2)N(C(=O)Cc2ccc(Cl)c(Cl)c2)CCN1C(=O)O. The van der Waals surface area contributed by atoms with Gasteiger partial charge in [-0.05, 0) is 50.6 Å². The summed E-state index contributed by atoms with van der Waals surface area (Å²) in [4.78, 5) is 30.2. The Kier molecular flexibility index (Phi) is 6.50. The van der Waals surface area contributed by atoms with Crippen LogP contribution in [0.25, 0.3) is 0 Å². The fraction of sp³-hybridized carbons (Fsp3) is 0.579. The normalized spacial score (nSPS) is 23.7. The Morgan fingerprint density at radius 2 is 1.74 bits per heavy atom. The molecule has 3 rings (SSSR count). The Morgan fingerprint density at radius 1 is 1.07 bits per heavy atom. The second kappa shape index (κ2) is 8.67. The number of hydrogen-bond acceptors (Lipinski definition) is 3. The first-order valence-electron chi connectivity index (χ1n) is 9.32. The molecule has 2 amide bonds. The number of halogens is 2. The lowest BCUT2D eigenvalue weighted by Gasteiger charge is -2.46. The Hall–Kier alpha value is -1.50. The summed E-state index contributed by atoms with van der Waals surface area (Å²) < 4.78 is 0. The van der Waals surface area contributed by atoms with E-state index in [1.165, 1.54) is 4.90 Å². The van der Waals surface area contributed by atoms with Crippen molar-refractivity contribution >= 4 is 35.2 Å². The molecule has 0 radical (unpaired) electrons. The lowest BCUT2D eigenvalue weighted by molar-refractivity contribution is -0.137. The van der Waals surface area contributed by atoms with E-state index in [1.807, 2.05) is 11.8 Å². The van der Waals surface area contributed by atoms with E-state index in [2.05, 4.69) is 4.90 Å². The fourth-order valence-electron chi connectivity index (χ4n) is 4.04. The van der Waals surface area contributed by atoms with Crippen LogP contribution in [-0.2, 0) is 11.2 Å². The number of nitrogens with zero attached hydrogens (tertiary/aromatic N) is 3. The molecule has 8 heteroatoms. The standard InChI is InChI=1S/C19H25Cl2N3O3/c1-13-17(12-22-6-2-3-7-22)24(9-8-23(13)19(26)27)18(25)11-14-4-5-15(20)16(21)10-14/h4-5,10,13,17H,2-3,6-9,11-12H2,1H3,(H,26,27). The molecule has 0 spiro atoms. The van der Waals surface area contributed by atoms with Crippen molar-refractivity contribution in [3.8, 4) is 0 Å². The second-order valence-electron chi connectivity index (χ2n) is 7.30. The topological polar surface area (TPSA) is 64.1 Å². The van der Waals surface area contributed by atoms with Crippen molar-refractivity contribution in [1.29, 1.82) is 0 Å². The second-order valence-corrected chi connectivity index (χ2v) is 8.12. The van der Waals surface area contributed by atoms with Crippen LogP contribution < -0.4 is 0 Å². The van der Waals surface area contributed by atoms with E-state index in [9.17, 15) is 14.7 Å². The molecule has 2 unspecified atom stereocenters.